The van der Waals surface area contributed by atoms with Gasteiger partial charge in [-0.15, -0.1) is 5.11 Å². The molecule has 0 fully saturated rings. The molecule has 13 heteroatoms. The Balaban J connectivity index is 0.00000240. The molecule has 1 N–H and O–H groups in total. The predicted octanol–water partition coefficient (Wildman–Crippen LogP) is -2.61. The number of aromatic hydroxyl groups is 1. The second kappa shape index (κ2) is 10.4. The van der Waals surface area contributed by atoms with Crippen molar-refractivity contribution in [3.8, 4) is 5.75 Å². The normalized spacial score (nSPS) is 11.9. The van der Waals surface area contributed by atoms with E-state index >= 15 is 0 Å². The van der Waals surface area contributed by atoms with Crippen LogP contribution in [0.2, 0.25) is 0 Å². The second-order valence-electron chi connectivity index (χ2n) is 6.28. The molecule has 0 aromatic heterocycles. The van der Waals surface area contributed by atoms with Crippen LogP contribution in [0.3, 0.4) is 0 Å². The zero-order valence-corrected chi connectivity index (χ0v) is 22.8. The van der Waals surface area contributed by atoms with Gasteiger partial charge in [-0.25, -0.2) is 16.8 Å². The van der Waals surface area contributed by atoms with Crippen molar-refractivity contribution in [3.05, 3.63) is 53.6 Å². The van der Waals surface area contributed by atoms with Gasteiger partial charge in [0.15, 0.2) is 5.75 Å². The van der Waals surface area contributed by atoms with E-state index in [1.54, 1.807) is 19.1 Å². The molecule has 0 aliphatic heterocycles. The average Bonchev–Trinajstić information content (AvgIpc) is 2.61. The first-order chi connectivity index (χ1) is 13.4. The number of azo groups is 1. The number of benzene rings is 3. The number of hydrogen-bond acceptors (Lipinski definition) is 9. The summed E-state index contributed by atoms with van der Waals surface area (Å²) in [7, 11) is -9.95. The summed E-state index contributed by atoms with van der Waals surface area (Å²) < 4.78 is 68.4. The van der Waals surface area contributed by atoms with E-state index < -0.39 is 35.8 Å². The standard InChI is InChI=1S/C18H16N2O7S2.2Na/c1-10-4-3-5-15(11(10)2)19-20-17-14-7-6-13(28(22,23)24)8-12(14)9-16(18(17)21)29(25,26)27;;/h3-9,21H,1-2H3,(H,22,23,24)(H,25,26,27);;/q;2*+1/p-2. The van der Waals surface area contributed by atoms with Gasteiger partial charge >= 0.3 is 59.1 Å². The van der Waals surface area contributed by atoms with Crippen molar-refractivity contribution in [1.82, 2.24) is 0 Å². The van der Waals surface area contributed by atoms with Gasteiger partial charge in [-0.2, -0.15) is 5.11 Å². The Hall–Kier alpha value is -0.860. The fraction of sp³-hybridized carbons (Fsp3) is 0.111. The van der Waals surface area contributed by atoms with Gasteiger partial charge in [0.2, 0.25) is 0 Å². The Labute approximate surface area is 223 Å². The van der Waals surface area contributed by atoms with Crippen molar-refractivity contribution < 1.29 is 90.2 Å². The molecule has 31 heavy (non-hydrogen) atoms. The minimum Gasteiger partial charge on any atom is -0.744 e. The summed E-state index contributed by atoms with van der Waals surface area (Å²) in [4.78, 5) is -1.62. The largest absolute Gasteiger partial charge is 1.00 e. The van der Waals surface area contributed by atoms with Crippen LogP contribution in [-0.2, 0) is 20.2 Å². The second-order valence-corrected chi connectivity index (χ2v) is 9.01. The van der Waals surface area contributed by atoms with Crippen molar-refractivity contribution in [3.63, 3.8) is 0 Å². The van der Waals surface area contributed by atoms with Gasteiger partial charge in [-0.05, 0) is 54.6 Å². The molecule has 3 aromatic rings. The molecule has 3 aromatic carbocycles. The summed E-state index contributed by atoms with van der Waals surface area (Å²) in [5.74, 6) is -0.917. The summed E-state index contributed by atoms with van der Waals surface area (Å²) in [5.41, 5.74) is 1.84. The third-order valence-electron chi connectivity index (χ3n) is 4.41. The van der Waals surface area contributed by atoms with Crippen LogP contribution < -0.4 is 59.1 Å². The molecule has 0 heterocycles. The molecule has 152 valence electrons. The zero-order valence-electron chi connectivity index (χ0n) is 17.1. The van der Waals surface area contributed by atoms with Crippen molar-refractivity contribution in [2.45, 2.75) is 23.6 Å². The number of aryl methyl sites for hydroxylation is 1. The Morgan fingerprint density at radius 3 is 2.10 bits per heavy atom. The van der Waals surface area contributed by atoms with Gasteiger partial charge in [0.05, 0.1) is 15.5 Å². The number of hydrogen-bond donors (Lipinski definition) is 1. The molecule has 0 unspecified atom stereocenters. The van der Waals surface area contributed by atoms with Crippen LogP contribution in [0.4, 0.5) is 11.4 Å². The van der Waals surface area contributed by atoms with Crippen LogP contribution >= 0.6 is 0 Å². The molecule has 0 radical (unpaired) electrons. The van der Waals surface area contributed by atoms with Crippen molar-refractivity contribution in [2.75, 3.05) is 0 Å². The maximum atomic E-state index is 11.5. The first-order valence-electron chi connectivity index (χ1n) is 8.09. The van der Waals surface area contributed by atoms with Crippen LogP contribution in [0, 0.1) is 13.8 Å². The fourth-order valence-electron chi connectivity index (χ4n) is 2.72. The van der Waals surface area contributed by atoms with Gasteiger partial charge in [-0.1, -0.05) is 18.2 Å². The van der Waals surface area contributed by atoms with E-state index in [-0.39, 0.29) is 75.6 Å². The number of phenolic OH excluding ortho intramolecular Hbond substituents is 1. The zero-order chi connectivity index (χ0) is 21.6. The van der Waals surface area contributed by atoms with E-state index in [4.69, 9.17) is 0 Å². The number of rotatable bonds is 4. The van der Waals surface area contributed by atoms with Crippen molar-refractivity contribution in [2.24, 2.45) is 10.2 Å². The quantitative estimate of drug-likeness (QED) is 0.243. The molecule has 0 saturated carbocycles. The Kier molecular flexibility index (Phi) is 9.44. The first-order valence-corrected chi connectivity index (χ1v) is 10.9. The summed E-state index contributed by atoms with van der Waals surface area (Å²) in [5, 5.41) is 18.3. The Morgan fingerprint density at radius 1 is 0.871 bits per heavy atom. The van der Waals surface area contributed by atoms with E-state index in [1.165, 1.54) is 6.07 Å². The molecule has 3 rings (SSSR count). The van der Waals surface area contributed by atoms with Gasteiger partial charge in [0.25, 0.3) is 0 Å². The Bertz CT molecular complexity index is 1390. The molecule has 0 aliphatic carbocycles. The van der Waals surface area contributed by atoms with Crippen LogP contribution in [0.5, 0.6) is 5.75 Å². The molecule has 0 atom stereocenters. The number of fused-ring (bicyclic) bond motifs is 1. The van der Waals surface area contributed by atoms with Gasteiger partial charge < -0.3 is 14.2 Å². The van der Waals surface area contributed by atoms with Gasteiger partial charge in [0, 0.05) is 5.39 Å². The monoisotopic (exact) mass is 480 g/mol. The third-order valence-corrected chi connectivity index (χ3v) is 6.10. The maximum Gasteiger partial charge on any atom is 1.00 e. The predicted molar refractivity (Wildman–Crippen MR) is 102 cm³/mol. The minimum absolute atomic E-state index is 0. The summed E-state index contributed by atoms with van der Waals surface area (Å²) in [6, 6.07) is 9.11. The van der Waals surface area contributed by atoms with Crippen molar-refractivity contribution in [1.29, 1.82) is 0 Å². The minimum atomic E-state index is -5.12. The van der Waals surface area contributed by atoms with Crippen LogP contribution in [0.15, 0.2) is 62.5 Å². The van der Waals surface area contributed by atoms with E-state index in [1.807, 2.05) is 13.0 Å². The van der Waals surface area contributed by atoms with E-state index in [2.05, 4.69) is 10.2 Å². The topological polar surface area (TPSA) is 159 Å². The molecular formula is C18H14N2Na2O7S2. The molecule has 0 bridgehead atoms. The smallest absolute Gasteiger partial charge is 0.744 e. The SMILES string of the molecule is Cc1cccc(N=Nc2c(O)c(S(=O)(=O)[O-])cc3cc(S(=O)(=O)[O-])ccc23)c1C.[Na+].[Na+]. The first kappa shape index (κ1) is 28.2. The fourth-order valence-corrected chi connectivity index (χ4v) is 3.84. The van der Waals surface area contributed by atoms with E-state index in [0.717, 1.165) is 29.3 Å². The van der Waals surface area contributed by atoms with E-state index in [9.17, 15) is 31.0 Å². The summed E-state index contributed by atoms with van der Waals surface area (Å²) in [6.45, 7) is 3.66. The molecular weight excluding hydrogens is 466 g/mol. The van der Waals surface area contributed by atoms with E-state index in [0.29, 0.717) is 5.69 Å². The van der Waals surface area contributed by atoms with Gasteiger partial charge in [0.1, 0.15) is 25.9 Å². The number of nitrogens with zero attached hydrogens (tertiary/aromatic N) is 2. The van der Waals surface area contributed by atoms with Crippen LogP contribution in [-0.4, -0.2) is 31.0 Å². The molecule has 0 amide bonds. The average molecular weight is 480 g/mol. The molecule has 0 spiro atoms. The molecule has 9 nitrogen and oxygen atoms in total. The molecule has 0 aliphatic rings. The third kappa shape index (κ3) is 6.14. The summed E-state index contributed by atoms with van der Waals surface area (Å²) in [6.07, 6.45) is 0. The summed E-state index contributed by atoms with van der Waals surface area (Å²) >= 11 is 0. The van der Waals surface area contributed by atoms with Crippen LogP contribution in [0.1, 0.15) is 11.1 Å². The van der Waals surface area contributed by atoms with Gasteiger partial charge in [-0.3, -0.25) is 0 Å². The molecule has 0 saturated heterocycles. The maximum absolute atomic E-state index is 11.5. The number of phenols is 1. The Morgan fingerprint density at radius 2 is 1.52 bits per heavy atom. The van der Waals surface area contributed by atoms with Crippen molar-refractivity contribution >= 4 is 42.4 Å². The van der Waals surface area contributed by atoms with Crippen LogP contribution in [0.25, 0.3) is 10.8 Å².